The number of anilines is 1. The van der Waals surface area contributed by atoms with E-state index in [0.717, 1.165) is 12.8 Å². The summed E-state index contributed by atoms with van der Waals surface area (Å²) in [5.41, 5.74) is 1.35. The highest BCUT2D eigenvalue weighted by Gasteiger charge is 2.24. The summed E-state index contributed by atoms with van der Waals surface area (Å²) in [6.45, 7) is 6.06. The fourth-order valence-corrected chi connectivity index (χ4v) is 2.97. The molecule has 30 heavy (non-hydrogen) atoms. The Balaban J connectivity index is 0.00000450. The molecule has 0 radical (unpaired) electrons. The van der Waals surface area contributed by atoms with Crippen molar-refractivity contribution in [2.75, 3.05) is 38.1 Å². The molecule has 0 aliphatic carbocycles. The van der Waals surface area contributed by atoms with Crippen LogP contribution in [0.15, 0.2) is 29.3 Å². The van der Waals surface area contributed by atoms with Gasteiger partial charge in [0.15, 0.2) is 5.96 Å². The van der Waals surface area contributed by atoms with E-state index < -0.39 is 0 Å². The van der Waals surface area contributed by atoms with Gasteiger partial charge in [-0.15, -0.1) is 30.4 Å². The van der Waals surface area contributed by atoms with Crippen LogP contribution in [0.4, 0.5) is 10.5 Å². The van der Waals surface area contributed by atoms with Crippen molar-refractivity contribution in [3.8, 4) is 12.3 Å². The minimum absolute atomic E-state index is 0. The minimum Gasteiger partial charge on any atom is -0.450 e. The van der Waals surface area contributed by atoms with Crippen molar-refractivity contribution >= 4 is 47.6 Å². The molecule has 1 heterocycles. The molecule has 1 aliphatic heterocycles. The Labute approximate surface area is 195 Å². The number of nitrogens with one attached hydrogen (secondary N) is 3. The molecule has 9 heteroatoms. The average molecular weight is 527 g/mol. The van der Waals surface area contributed by atoms with Crippen LogP contribution < -0.4 is 16.0 Å². The number of halogens is 1. The maximum Gasteiger partial charge on any atom is 0.409 e. The molecule has 0 saturated carbocycles. The highest BCUT2D eigenvalue weighted by molar-refractivity contribution is 14.0. The lowest BCUT2D eigenvalue weighted by Crippen LogP contribution is -2.50. The summed E-state index contributed by atoms with van der Waals surface area (Å²) in [4.78, 5) is 30.1. The first-order valence-corrected chi connectivity index (χ1v) is 9.88. The van der Waals surface area contributed by atoms with E-state index in [1.165, 1.54) is 0 Å². The van der Waals surface area contributed by atoms with Gasteiger partial charge in [-0.25, -0.2) is 9.79 Å². The number of likely N-dealkylation sites (tertiary alicyclic amines) is 1. The smallest absolute Gasteiger partial charge is 0.409 e. The van der Waals surface area contributed by atoms with Crippen molar-refractivity contribution in [1.82, 2.24) is 15.5 Å². The number of benzene rings is 1. The van der Waals surface area contributed by atoms with Gasteiger partial charge in [-0.1, -0.05) is 12.0 Å². The summed E-state index contributed by atoms with van der Waals surface area (Å²) in [6.07, 6.45) is 6.69. The molecular formula is C21H30IN5O3. The molecule has 1 aliphatic rings. The van der Waals surface area contributed by atoms with Crippen LogP contribution in [0.3, 0.4) is 0 Å². The van der Waals surface area contributed by atoms with Gasteiger partial charge in [-0.05, 0) is 44.9 Å². The third kappa shape index (κ3) is 8.49. The number of carbonyl (C=O) groups excluding carboxylic acids is 2. The highest BCUT2D eigenvalue weighted by atomic mass is 127. The molecule has 1 aromatic carbocycles. The number of hydrogen-bond acceptors (Lipinski definition) is 4. The van der Waals surface area contributed by atoms with E-state index in [-0.39, 0.29) is 48.6 Å². The predicted molar refractivity (Wildman–Crippen MR) is 129 cm³/mol. The van der Waals surface area contributed by atoms with Crippen molar-refractivity contribution in [3.05, 3.63) is 29.8 Å². The van der Waals surface area contributed by atoms with Crippen LogP contribution in [-0.2, 0) is 9.53 Å². The first-order valence-electron chi connectivity index (χ1n) is 9.88. The molecule has 2 amide bonds. The number of guanidine groups is 1. The third-order valence-electron chi connectivity index (χ3n) is 4.40. The van der Waals surface area contributed by atoms with E-state index in [0.29, 0.717) is 43.5 Å². The van der Waals surface area contributed by atoms with Gasteiger partial charge in [-0.3, -0.25) is 4.79 Å². The summed E-state index contributed by atoms with van der Waals surface area (Å²) in [5, 5.41) is 9.28. The van der Waals surface area contributed by atoms with E-state index in [4.69, 9.17) is 11.2 Å². The number of aliphatic imine (C=N–C) groups is 1. The number of amides is 2. The van der Waals surface area contributed by atoms with Crippen LogP contribution in [0.1, 0.15) is 32.3 Å². The molecule has 0 aromatic heterocycles. The van der Waals surface area contributed by atoms with Crippen LogP contribution in [0.2, 0.25) is 0 Å². The summed E-state index contributed by atoms with van der Waals surface area (Å²) >= 11 is 0. The van der Waals surface area contributed by atoms with Gasteiger partial charge >= 0.3 is 6.09 Å². The van der Waals surface area contributed by atoms with Gasteiger partial charge in [0.2, 0.25) is 5.91 Å². The molecule has 8 nitrogen and oxygen atoms in total. The Morgan fingerprint density at radius 2 is 2.03 bits per heavy atom. The van der Waals surface area contributed by atoms with Crippen molar-refractivity contribution in [3.63, 3.8) is 0 Å². The van der Waals surface area contributed by atoms with Crippen molar-refractivity contribution in [2.45, 2.75) is 32.7 Å². The zero-order valence-corrected chi connectivity index (χ0v) is 19.8. The van der Waals surface area contributed by atoms with Gasteiger partial charge in [0.05, 0.1) is 6.61 Å². The van der Waals surface area contributed by atoms with Gasteiger partial charge in [-0.2, -0.15) is 0 Å². The van der Waals surface area contributed by atoms with Gasteiger partial charge in [0, 0.05) is 36.9 Å². The summed E-state index contributed by atoms with van der Waals surface area (Å²) in [6, 6.07) is 7.29. The van der Waals surface area contributed by atoms with Crippen molar-refractivity contribution < 1.29 is 14.3 Å². The van der Waals surface area contributed by atoms with Crippen LogP contribution in [0.25, 0.3) is 0 Å². The molecule has 0 bridgehead atoms. The maximum absolute atomic E-state index is 12.2. The van der Waals surface area contributed by atoms with Crippen LogP contribution in [-0.4, -0.2) is 61.7 Å². The minimum atomic E-state index is -0.267. The Morgan fingerprint density at radius 3 is 2.67 bits per heavy atom. The van der Waals surface area contributed by atoms with E-state index in [2.05, 4.69) is 26.9 Å². The number of rotatable bonds is 6. The molecule has 0 spiro atoms. The van der Waals surface area contributed by atoms with Crippen LogP contribution in [0, 0.1) is 12.3 Å². The van der Waals surface area contributed by atoms with E-state index in [1.807, 2.05) is 6.92 Å². The molecule has 2 rings (SSSR count). The van der Waals surface area contributed by atoms with E-state index in [9.17, 15) is 9.59 Å². The average Bonchev–Trinajstić information content (AvgIpc) is 2.73. The lowest BCUT2D eigenvalue weighted by Gasteiger charge is -2.32. The summed E-state index contributed by atoms with van der Waals surface area (Å²) in [7, 11) is 0. The zero-order valence-electron chi connectivity index (χ0n) is 17.4. The predicted octanol–water partition coefficient (Wildman–Crippen LogP) is 2.40. The quantitative estimate of drug-likeness (QED) is 0.229. The first kappa shape index (κ1) is 25.6. The van der Waals surface area contributed by atoms with Gasteiger partial charge in [0.25, 0.3) is 0 Å². The van der Waals surface area contributed by atoms with Crippen molar-refractivity contribution in [1.29, 1.82) is 0 Å². The second-order valence-electron chi connectivity index (χ2n) is 6.57. The Hall–Kier alpha value is -2.48. The number of carbonyl (C=O) groups is 2. The summed E-state index contributed by atoms with van der Waals surface area (Å²) in [5.74, 6) is 2.89. The normalized spacial score (nSPS) is 14.2. The Bertz CT molecular complexity index is 770. The van der Waals surface area contributed by atoms with Gasteiger partial charge < -0.3 is 25.6 Å². The fourth-order valence-electron chi connectivity index (χ4n) is 2.97. The monoisotopic (exact) mass is 527 g/mol. The molecule has 3 N–H and O–H groups in total. The summed E-state index contributed by atoms with van der Waals surface area (Å²) < 4.78 is 5.04. The second kappa shape index (κ2) is 13.7. The molecule has 164 valence electrons. The topological polar surface area (TPSA) is 95.1 Å². The maximum atomic E-state index is 12.2. The molecule has 0 atom stereocenters. The molecule has 1 aromatic rings. The van der Waals surface area contributed by atoms with E-state index in [1.54, 1.807) is 36.1 Å². The molecule has 0 unspecified atom stereocenters. The number of hydrogen-bond donors (Lipinski definition) is 3. The number of terminal acetylenes is 1. The fraction of sp³-hybridized carbons (Fsp3) is 0.476. The number of piperidine rings is 1. The Morgan fingerprint density at radius 1 is 1.30 bits per heavy atom. The third-order valence-corrected chi connectivity index (χ3v) is 4.40. The SMILES string of the molecule is C#Cc1cccc(NC(=O)CN=C(NCC)NC2CCN(C(=O)OCC)CC2)c1.I. The highest BCUT2D eigenvalue weighted by Crippen LogP contribution is 2.12. The molecule has 1 fully saturated rings. The second-order valence-corrected chi connectivity index (χ2v) is 6.57. The lowest BCUT2D eigenvalue weighted by molar-refractivity contribution is -0.114. The largest absolute Gasteiger partial charge is 0.450 e. The molecule has 1 saturated heterocycles. The Kier molecular flexibility index (Phi) is 11.7. The van der Waals surface area contributed by atoms with Crippen LogP contribution in [0.5, 0.6) is 0 Å². The lowest BCUT2D eigenvalue weighted by atomic mass is 10.1. The zero-order chi connectivity index (χ0) is 21.1. The number of nitrogens with zero attached hydrogens (tertiary/aromatic N) is 2. The molecular weight excluding hydrogens is 497 g/mol. The van der Waals surface area contributed by atoms with Crippen molar-refractivity contribution in [2.24, 2.45) is 4.99 Å². The van der Waals surface area contributed by atoms with E-state index >= 15 is 0 Å². The number of ether oxygens (including phenoxy) is 1. The first-order chi connectivity index (χ1) is 14.0. The van der Waals surface area contributed by atoms with Gasteiger partial charge in [0.1, 0.15) is 6.54 Å². The standard InChI is InChI=1S/C21H29N5O3.HI/c1-4-16-8-7-9-18(14-16)24-19(27)15-23-20(22-5-2)25-17-10-12-26(13-11-17)21(28)29-6-3;/h1,7-9,14,17H,5-6,10-13,15H2,2-3H3,(H,24,27)(H2,22,23,25);1H. The van der Waals surface area contributed by atoms with Crippen LogP contribution >= 0.6 is 24.0 Å².